The summed E-state index contributed by atoms with van der Waals surface area (Å²) in [7, 11) is 0. The summed E-state index contributed by atoms with van der Waals surface area (Å²) < 4.78 is 5.54. The molecule has 1 aromatic rings. The molecule has 4 rings (SSSR count). The van der Waals surface area contributed by atoms with Gasteiger partial charge in [0, 0.05) is 0 Å². The molecule has 0 fully saturated rings. The third kappa shape index (κ3) is 2.60. The Bertz CT molecular complexity index is 723. The van der Waals surface area contributed by atoms with Crippen LogP contribution < -0.4 is 26.1 Å². The van der Waals surface area contributed by atoms with Gasteiger partial charge in [-0.2, -0.15) is 0 Å². The Morgan fingerprint density at radius 1 is 1.36 bits per heavy atom. The molecule has 0 aromatic carbocycles. The van der Waals surface area contributed by atoms with E-state index in [1.54, 1.807) is 17.8 Å². The van der Waals surface area contributed by atoms with Crippen LogP contribution in [0.3, 0.4) is 0 Å². The summed E-state index contributed by atoms with van der Waals surface area (Å²) in [5, 5.41) is 1.55. The molecule has 22 heavy (non-hydrogen) atoms. The Balaban J connectivity index is 1.70. The Hall–Kier alpha value is -0.880. The van der Waals surface area contributed by atoms with Crippen molar-refractivity contribution in [2.24, 2.45) is 0 Å². The molecule has 0 unspecified atom stereocenters. The van der Waals surface area contributed by atoms with E-state index < -0.39 is 0 Å². The Morgan fingerprint density at radius 3 is 3.14 bits per heavy atom. The van der Waals surface area contributed by atoms with E-state index in [2.05, 4.69) is 41.3 Å². The number of nitrogens with zero attached hydrogens (tertiary/aromatic N) is 2. The number of thiophene rings is 1. The second-order valence-electron chi connectivity index (χ2n) is 6.05. The second kappa shape index (κ2) is 5.96. The van der Waals surface area contributed by atoms with Crippen LogP contribution in [0.5, 0.6) is 0 Å². The average molecular weight is 424 g/mol. The molecule has 1 aromatic heterocycles. The molecule has 4 heteroatoms. The second-order valence-corrected chi connectivity index (χ2v) is 10.0. The van der Waals surface area contributed by atoms with Gasteiger partial charge < -0.3 is 0 Å². The van der Waals surface area contributed by atoms with E-state index in [0.717, 1.165) is 6.54 Å². The minimum absolute atomic E-state index is 0.0215. The van der Waals surface area contributed by atoms with Gasteiger partial charge in [-0.3, -0.25) is 0 Å². The molecule has 3 aliphatic rings. The van der Waals surface area contributed by atoms with Crippen LogP contribution in [0.25, 0.3) is 0 Å². The van der Waals surface area contributed by atoms with Crippen LogP contribution in [0.15, 0.2) is 39.8 Å². The van der Waals surface area contributed by atoms with Crippen LogP contribution in [-0.4, -0.2) is 23.9 Å². The molecule has 0 spiro atoms. The standard InChI is InChI=1S/C18H21IN2S/c1-3-20-8-4-6-14(12-20)11-15-7-5-9-21-17(15)19-16-10-13(2)22-18(16)21/h3,10-12H,1,4-9H2,2H3. The molecule has 2 nitrogen and oxygen atoms in total. The van der Waals surface area contributed by atoms with E-state index in [0.29, 0.717) is 0 Å². The number of fused-ring (bicyclic) bond motifs is 3. The van der Waals surface area contributed by atoms with Crippen LogP contribution in [0.4, 0.5) is 5.00 Å². The number of halogens is 1. The molecule has 0 saturated carbocycles. The molecular weight excluding hydrogens is 403 g/mol. The minimum atomic E-state index is 0.0215. The quantitative estimate of drug-likeness (QED) is 0.392. The van der Waals surface area contributed by atoms with Crippen LogP contribution in [0.2, 0.25) is 0 Å². The summed E-state index contributed by atoms with van der Waals surface area (Å²) >= 11 is 2.01. The van der Waals surface area contributed by atoms with Gasteiger partial charge >= 0.3 is 147 Å². The van der Waals surface area contributed by atoms with Gasteiger partial charge in [-0.15, -0.1) is 0 Å². The van der Waals surface area contributed by atoms with Crippen molar-refractivity contribution in [1.29, 1.82) is 0 Å². The first-order valence-corrected chi connectivity index (χ1v) is 10.9. The van der Waals surface area contributed by atoms with Crippen LogP contribution in [0.1, 0.15) is 30.6 Å². The van der Waals surface area contributed by atoms with Crippen LogP contribution >= 0.6 is 11.3 Å². The first-order valence-electron chi connectivity index (χ1n) is 7.94. The predicted molar refractivity (Wildman–Crippen MR) is 90.1 cm³/mol. The molecule has 3 aliphatic heterocycles. The summed E-state index contributed by atoms with van der Waals surface area (Å²) in [5.74, 6) is 0. The predicted octanol–water partition coefficient (Wildman–Crippen LogP) is 1.09. The van der Waals surface area contributed by atoms with Gasteiger partial charge in [-0.25, -0.2) is 0 Å². The zero-order chi connectivity index (χ0) is 15.1. The van der Waals surface area contributed by atoms with Gasteiger partial charge in [-0.05, 0) is 0 Å². The first-order chi connectivity index (χ1) is 10.7. The van der Waals surface area contributed by atoms with E-state index in [1.807, 2.05) is 17.5 Å². The van der Waals surface area contributed by atoms with E-state index >= 15 is 0 Å². The zero-order valence-corrected chi connectivity index (χ0v) is 15.9. The van der Waals surface area contributed by atoms with Crippen LogP contribution in [-0.2, 0) is 0 Å². The summed E-state index contributed by atoms with van der Waals surface area (Å²) in [6.07, 6.45) is 11.7. The van der Waals surface area contributed by atoms with Gasteiger partial charge in [0.2, 0.25) is 0 Å². The SMILES string of the molecule is C=C[N+]1=CC(=CC2=C3[I-]c4cc(C)sc4N3CCC2)CCC1. The molecule has 0 N–H and O–H groups in total. The molecule has 0 saturated heterocycles. The number of anilines is 1. The fourth-order valence-corrected chi connectivity index (χ4v) is 8.48. The molecule has 0 bridgehead atoms. The number of rotatable bonds is 2. The fourth-order valence-electron chi connectivity index (χ4n) is 3.34. The van der Waals surface area contributed by atoms with E-state index in [9.17, 15) is 0 Å². The number of hydrogen-bond acceptors (Lipinski definition) is 2. The van der Waals surface area contributed by atoms with Crippen molar-refractivity contribution in [2.45, 2.75) is 32.6 Å². The number of allylic oxidation sites excluding steroid dienone is 3. The average Bonchev–Trinajstić information content (AvgIpc) is 3.04. The monoisotopic (exact) mass is 424 g/mol. The molecule has 0 amide bonds. The molecule has 0 aliphatic carbocycles. The van der Waals surface area contributed by atoms with E-state index in [1.165, 1.54) is 42.7 Å². The third-order valence-electron chi connectivity index (χ3n) is 4.37. The maximum atomic E-state index is 3.90. The molecule has 0 radical (unpaired) electrons. The molecule has 0 atom stereocenters. The summed E-state index contributed by atoms with van der Waals surface area (Å²) in [5.41, 5.74) is 3.09. The topological polar surface area (TPSA) is 6.25 Å². The van der Waals surface area contributed by atoms with Crippen LogP contribution in [0, 0.1) is 10.5 Å². The van der Waals surface area contributed by atoms with Gasteiger partial charge in [-0.1, -0.05) is 0 Å². The Labute approximate surface area is 146 Å². The van der Waals surface area contributed by atoms with Gasteiger partial charge in [0.05, 0.1) is 0 Å². The van der Waals surface area contributed by atoms with Crippen molar-refractivity contribution in [3.63, 3.8) is 0 Å². The molecule has 4 heterocycles. The Kier molecular flexibility index (Phi) is 3.98. The van der Waals surface area contributed by atoms with Gasteiger partial charge in [0.1, 0.15) is 0 Å². The Morgan fingerprint density at radius 2 is 2.27 bits per heavy atom. The number of hydrogen-bond donors (Lipinski definition) is 0. The normalized spacial score (nSPS) is 23.0. The van der Waals surface area contributed by atoms with Crippen molar-refractivity contribution >= 4 is 22.6 Å². The molecule has 116 valence electrons. The van der Waals surface area contributed by atoms with Crippen molar-refractivity contribution in [3.05, 3.63) is 48.2 Å². The third-order valence-corrected chi connectivity index (χ3v) is 8.99. The zero-order valence-electron chi connectivity index (χ0n) is 12.9. The van der Waals surface area contributed by atoms with Gasteiger partial charge in [0.15, 0.2) is 0 Å². The summed E-state index contributed by atoms with van der Waals surface area (Å²) in [4.78, 5) is 4.10. The molecular formula is C18H21IN2S. The van der Waals surface area contributed by atoms with Crippen molar-refractivity contribution in [1.82, 2.24) is 0 Å². The summed E-state index contributed by atoms with van der Waals surface area (Å²) in [6, 6.07) is 2.43. The first kappa shape index (κ1) is 14.7. The fraction of sp³-hybridized carbons (Fsp3) is 0.389. The van der Waals surface area contributed by atoms with E-state index in [4.69, 9.17) is 0 Å². The summed E-state index contributed by atoms with van der Waals surface area (Å²) in [6.45, 7) is 8.47. The maximum absolute atomic E-state index is 3.90. The van der Waals surface area contributed by atoms with E-state index in [-0.39, 0.29) is 21.2 Å². The number of aryl methyl sites for hydroxylation is 1. The van der Waals surface area contributed by atoms with Crippen molar-refractivity contribution in [3.8, 4) is 0 Å². The van der Waals surface area contributed by atoms with Gasteiger partial charge in [0.25, 0.3) is 0 Å². The van der Waals surface area contributed by atoms with Crippen molar-refractivity contribution in [2.75, 3.05) is 18.0 Å². The van der Waals surface area contributed by atoms with Crippen molar-refractivity contribution < 1.29 is 25.8 Å².